The van der Waals surface area contributed by atoms with E-state index >= 15 is 0 Å². The van der Waals surface area contributed by atoms with Gasteiger partial charge in [0.1, 0.15) is 18.4 Å². The summed E-state index contributed by atoms with van der Waals surface area (Å²) in [6, 6.07) is 12.8. The zero-order valence-electron chi connectivity index (χ0n) is 16.1. The van der Waals surface area contributed by atoms with Crippen LogP contribution in [-0.4, -0.2) is 33.3 Å². The fraction of sp³-hybridized carbons (Fsp3) is 0.105. The molecule has 31 heavy (non-hydrogen) atoms. The van der Waals surface area contributed by atoms with E-state index in [2.05, 4.69) is 20.2 Å². The van der Waals surface area contributed by atoms with Crippen molar-refractivity contribution in [2.24, 2.45) is 12.2 Å². The molecule has 0 radical (unpaired) electrons. The molecule has 0 fully saturated rings. The topological polar surface area (TPSA) is 163 Å². The molecule has 4 rings (SSSR count). The van der Waals surface area contributed by atoms with Crippen molar-refractivity contribution in [2.75, 3.05) is 0 Å². The molecule has 0 atom stereocenters. The van der Waals surface area contributed by atoms with Crippen LogP contribution in [0.25, 0.3) is 22.8 Å². The van der Waals surface area contributed by atoms with Gasteiger partial charge in [-0.2, -0.15) is 15.3 Å². The number of benzene rings is 1. The van der Waals surface area contributed by atoms with Crippen LogP contribution in [0.1, 0.15) is 11.4 Å². The number of aryl methyl sites for hydroxylation is 1. The SMILES string of the molecule is Cn1ncc(-c2nc(-c3cccc(S(N)(=O)=O)c3)no2)c1COc1cccc(C#N)n1. The van der Waals surface area contributed by atoms with E-state index in [4.69, 9.17) is 19.7 Å². The second-order valence-corrected chi connectivity index (χ2v) is 7.95. The van der Waals surface area contributed by atoms with Crippen molar-refractivity contribution < 1.29 is 17.7 Å². The molecule has 156 valence electrons. The normalized spacial score (nSPS) is 11.3. The maximum atomic E-state index is 11.6. The van der Waals surface area contributed by atoms with Crippen LogP contribution in [0, 0.1) is 11.3 Å². The minimum atomic E-state index is -3.86. The monoisotopic (exact) mass is 437 g/mol. The number of sulfonamides is 1. The van der Waals surface area contributed by atoms with Gasteiger partial charge < -0.3 is 9.26 Å². The Bertz CT molecular complexity index is 1400. The molecule has 3 heterocycles. The molecule has 1 aromatic carbocycles. The van der Waals surface area contributed by atoms with E-state index in [0.29, 0.717) is 16.8 Å². The Morgan fingerprint density at radius 2 is 2.03 bits per heavy atom. The summed E-state index contributed by atoms with van der Waals surface area (Å²) in [5.74, 6) is 0.665. The zero-order chi connectivity index (χ0) is 22.0. The van der Waals surface area contributed by atoms with E-state index in [1.54, 1.807) is 42.2 Å². The number of nitrogens with zero attached hydrogens (tertiary/aromatic N) is 6. The van der Waals surface area contributed by atoms with Crippen molar-refractivity contribution in [2.45, 2.75) is 11.5 Å². The van der Waals surface area contributed by atoms with Gasteiger partial charge in [-0.15, -0.1) is 0 Å². The number of ether oxygens (including phenoxy) is 1. The highest BCUT2D eigenvalue weighted by Crippen LogP contribution is 2.26. The molecular formula is C19H15N7O4S. The maximum absolute atomic E-state index is 11.6. The summed E-state index contributed by atoms with van der Waals surface area (Å²) < 4.78 is 35.8. The molecule has 3 aromatic heterocycles. The molecule has 12 heteroatoms. The number of aromatic nitrogens is 5. The lowest BCUT2D eigenvalue weighted by Crippen LogP contribution is -2.11. The van der Waals surface area contributed by atoms with Crippen molar-refractivity contribution in [1.82, 2.24) is 24.9 Å². The van der Waals surface area contributed by atoms with Crippen LogP contribution in [0.2, 0.25) is 0 Å². The van der Waals surface area contributed by atoms with E-state index in [1.807, 2.05) is 6.07 Å². The molecule has 0 unspecified atom stereocenters. The predicted octanol–water partition coefficient (Wildman–Crippen LogP) is 1.63. The maximum Gasteiger partial charge on any atom is 0.261 e. The van der Waals surface area contributed by atoms with Gasteiger partial charge in [-0.1, -0.05) is 23.4 Å². The number of hydrogen-bond donors (Lipinski definition) is 1. The summed E-state index contributed by atoms with van der Waals surface area (Å²) in [4.78, 5) is 8.36. The Morgan fingerprint density at radius 1 is 1.23 bits per heavy atom. The van der Waals surface area contributed by atoms with Crippen LogP contribution in [0.4, 0.5) is 0 Å². The highest BCUT2D eigenvalue weighted by atomic mass is 32.2. The highest BCUT2D eigenvalue weighted by Gasteiger charge is 2.19. The number of pyridine rings is 1. The Kier molecular flexibility index (Phi) is 5.20. The van der Waals surface area contributed by atoms with Crippen molar-refractivity contribution in [3.05, 3.63) is 60.0 Å². The molecule has 0 spiro atoms. The summed E-state index contributed by atoms with van der Waals surface area (Å²) in [5.41, 5.74) is 1.85. The third-order valence-corrected chi connectivity index (χ3v) is 5.24. The minimum Gasteiger partial charge on any atom is -0.471 e. The fourth-order valence-electron chi connectivity index (χ4n) is 2.77. The van der Waals surface area contributed by atoms with Gasteiger partial charge in [0.05, 0.1) is 22.3 Å². The van der Waals surface area contributed by atoms with Crippen molar-refractivity contribution >= 4 is 10.0 Å². The minimum absolute atomic E-state index is 0.0566. The molecular weight excluding hydrogens is 422 g/mol. The average Bonchev–Trinajstić information content (AvgIpc) is 3.39. The van der Waals surface area contributed by atoms with Crippen LogP contribution in [0.5, 0.6) is 5.88 Å². The molecule has 4 aromatic rings. The number of rotatable bonds is 6. The second-order valence-electron chi connectivity index (χ2n) is 6.39. The van der Waals surface area contributed by atoms with Gasteiger partial charge in [-0.3, -0.25) is 4.68 Å². The van der Waals surface area contributed by atoms with Crippen LogP contribution in [0.3, 0.4) is 0 Å². The first-order valence-corrected chi connectivity index (χ1v) is 10.4. The fourth-order valence-corrected chi connectivity index (χ4v) is 3.33. The zero-order valence-corrected chi connectivity index (χ0v) is 16.9. The number of primary sulfonamides is 1. The number of hydrogen-bond acceptors (Lipinski definition) is 9. The summed E-state index contributed by atoms with van der Waals surface area (Å²) in [7, 11) is -2.13. The first-order chi connectivity index (χ1) is 14.8. The standard InChI is InChI=1S/C19H15N7O4S/c1-26-16(11-29-17-7-3-5-13(9-20)23-17)15(10-22-26)19-24-18(25-30-19)12-4-2-6-14(8-12)31(21,27)28/h2-8,10H,11H2,1H3,(H2,21,27,28). The van der Waals surface area contributed by atoms with Gasteiger partial charge in [0.25, 0.3) is 5.89 Å². The van der Waals surface area contributed by atoms with Crippen LogP contribution in [0.15, 0.2) is 58.1 Å². The summed E-state index contributed by atoms with van der Waals surface area (Å²) in [6.07, 6.45) is 1.55. The lowest BCUT2D eigenvalue weighted by molar-refractivity contribution is 0.283. The van der Waals surface area contributed by atoms with Crippen LogP contribution < -0.4 is 9.88 Å². The molecule has 0 bridgehead atoms. The van der Waals surface area contributed by atoms with Crippen LogP contribution in [-0.2, 0) is 23.7 Å². The quantitative estimate of drug-likeness (QED) is 0.472. The smallest absolute Gasteiger partial charge is 0.261 e. The Labute approximate surface area is 176 Å². The predicted molar refractivity (Wildman–Crippen MR) is 107 cm³/mol. The van der Waals surface area contributed by atoms with E-state index in [1.165, 1.54) is 18.2 Å². The largest absolute Gasteiger partial charge is 0.471 e. The van der Waals surface area contributed by atoms with Crippen molar-refractivity contribution in [1.29, 1.82) is 5.26 Å². The molecule has 2 N–H and O–H groups in total. The van der Waals surface area contributed by atoms with Crippen molar-refractivity contribution in [3.8, 4) is 34.8 Å². The van der Waals surface area contributed by atoms with Crippen molar-refractivity contribution in [3.63, 3.8) is 0 Å². The molecule has 0 aliphatic carbocycles. The van der Waals surface area contributed by atoms with E-state index in [-0.39, 0.29) is 34.8 Å². The van der Waals surface area contributed by atoms with Gasteiger partial charge in [0.2, 0.25) is 21.7 Å². The summed E-state index contributed by atoms with van der Waals surface area (Å²) in [5, 5.41) is 22.3. The number of nitriles is 1. The lowest BCUT2D eigenvalue weighted by Gasteiger charge is -2.07. The number of nitrogens with two attached hydrogens (primary N) is 1. The van der Waals surface area contributed by atoms with Gasteiger partial charge in [0.15, 0.2) is 0 Å². The lowest BCUT2D eigenvalue weighted by atomic mass is 10.2. The van der Waals surface area contributed by atoms with Gasteiger partial charge >= 0.3 is 0 Å². The summed E-state index contributed by atoms with van der Waals surface area (Å²) >= 11 is 0. The van der Waals surface area contributed by atoms with Crippen LogP contribution >= 0.6 is 0 Å². The Morgan fingerprint density at radius 3 is 2.81 bits per heavy atom. The van der Waals surface area contributed by atoms with E-state index < -0.39 is 10.0 Å². The van der Waals surface area contributed by atoms with Gasteiger partial charge in [-0.25, -0.2) is 18.5 Å². The third kappa shape index (κ3) is 4.27. The molecule has 0 amide bonds. The first-order valence-electron chi connectivity index (χ1n) is 8.83. The van der Waals surface area contributed by atoms with E-state index in [9.17, 15) is 8.42 Å². The summed E-state index contributed by atoms with van der Waals surface area (Å²) in [6.45, 7) is 0.0896. The molecule has 0 aliphatic rings. The third-order valence-electron chi connectivity index (χ3n) is 4.33. The molecule has 11 nitrogen and oxygen atoms in total. The first kappa shape index (κ1) is 20.2. The highest BCUT2D eigenvalue weighted by molar-refractivity contribution is 7.89. The molecule has 0 aliphatic heterocycles. The average molecular weight is 437 g/mol. The second kappa shape index (κ2) is 7.98. The van der Waals surface area contributed by atoms with E-state index in [0.717, 1.165) is 0 Å². The molecule has 0 saturated heterocycles. The van der Waals surface area contributed by atoms with Gasteiger partial charge in [-0.05, 0) is 18.2 Å². The molecule has 0 saturated carbocycles. The Hall–Kier alpha value is -4.08. The van der Waals surface area contributed by atoms with Gasteiger partial charge in [0, 0.05) is 18.7 Å². The Balaban J connectivity index is 1.61.